The van der Waals surface area contributed by atoms with Crippen LogP contribution in [0.15, 0.2) is 24.5 Å². The zero-order chi connectivity index (χ0) is 15.0. The number of nitrogens with zero attached hydrogens (tertiary/aromatic N) is 3. The van der Waals surface area contributed by atoms with Gasteiger partial charge in [0.05, 0.1) is 5.56 Å². The maximum absolute atomic E-state index is 12.5. The zero-order valence-corrected chi connectivity index (χ0v) is 13.2. The van der Waals surface area contributed by atoms with E-state index in [9.17, 15) is 4.79 Å². The Bertz CT molecular complexity index is 388. The lowest BCUT2D eigenvalue weighted by Crippen LogP contribution is -2.40. The molecule has 0 fully saturated rings. The second-order valence-electron chi connectivity index (χ2n) is 5.41. The van der Waals surface area contributed by atoms with Crippen LogP contribution in [-0.4, -0.2) is 53.4 Å². The largest absolute Gasteiger partial charge is 0.337 e. The summed E-state index contributed by atoms with van der Waals surface area (Å²) in [7, 11) is 0. The molecule has 1 amide bonds. The van der Waals surface area contributed by atoms with Crippen molar-refractivity contribution in [2.75, 3.05) is 32.7 Å². The number of aromatic nitrogens is 1. The summed E-state index contributed by atoms with van der Waals surface area (Å²) in [5, 5.41) is 0. The quantitative estimate of drug-likeness (QED) is 0.732. The van der Waals surface area contributed by atoms with E-state index in [1.165, 1.54) is 0 Å². The number of pyridine rings is 1. The van der Waals surface area contributed by atoms with Crippen LogP contribution in [-0.2, 0) is 0 Å². The molecule has 0 atom stereocenters. The van der Waals surface area contributed by atoms with Gasteiger partial charge in [0.15, 0.2) is 0 Å². The molecule has 0 aliphatic rings. The molecule has 0 unspecified atom stereocenters. The van der Waals surface area contributed by atoms with Gasteiger partial charge in [0.1, 0.15) is 0 Å². The number of amides is 1. The van der Waals surface area contributed by atoms with Crippen molar-refractivity contribution >= 4 is 5.91 Å². The molecule has 0 saturated heterocycles. The minimum absolute atomic E-state index is 0.0824. The maximum atomic E-state index is 12.5. The van der Waals surface area contributed by atoms with E-state index in [1.807, 2.05) is 17.0 Å². The van der Waals surface area contributed by atoms with E-state index in [0.29, 0.717) is 11.5 Å². The maximum Gasteiger partial charge on any atom is 0.255 e. The first kappa shape index (κ1) is 16.6. The Morgan fingerprint density at radius 2 is 1.95 bits per heavy atom. The van der Waals surface area contributed by atoms with Crippen LogP contribution in [0.2, 0.25) is 0 Å². The van der Waals surface area contributed by atoms with Gasteiger partial charge in [-0.2, -0.15) is 0 Å². The van der Waals surface area contributed by atoms with E-state index >= 15 is 0 Å². The highest BCUT2D eigenvalue weighted by Crippen LogP contribution is 2.07. The van der Waals surface area contributed by atoms with E-state index in [0.717, 1.165) is 32.7 Å². The van der Waals surface area contributed by atoms with Crippen molar-refractivity contribution in [2.45, 2.75) is 27.7 Å². The van der Waals surface area contributed by atoms with Gasteiger partial charge in [0.2, 0.25) is 0 Å². The number of hydrogen-bond donors (Lipinski definition) is 0. The topological polar surface area (TPSA) is 36.4 Å². The van der Waals surface area contributed by atoms with Gasteiger partial charge in [-0.1, -0.05) is 27.7 Å². The van der Waals surface area contributed by atoms with E-state index in [2.05, 4.69) is 37.6 Å². The van der Waals surface area contributed by atoms with E-state index in [-0.39, 0.29) is 5.91 Å². The minimum Gasteiger partial charge on any atom is -0.337 e. The van der Waals surface area contributed by atoms with Gasteiger partial charge in [-0.15, -0.1) is 0 Å². The highest BCUT2D eigenvalue weighted by molar-refractivity contribution is 5.93. The number of rotatable bonds is 8. The minimum atomic E-state index is 0.0824. The van der Waals surface area contributed by atoms with E-state index < -0.39 is 0 Å². The molecule has 0 aliphatic heterocycles. The molecule has 0 aromatic carbocycles. The standard InChI is InChI=1S/C16H27N3O/c1-5-18(6-2)10-11-19(13-14(3)4)16(20)15-8-7-9-17-12-15/h7-9,12,14H,5-6,10-11,13H2,1-4H3. The van der Waals surface area contributed by atoms with Crippen LogP contribution in [0.3, 0.4) is 0 Å². The molecule has 112 valence electrons. The van der Waals surface area contributed by atoms with Gasteiger partial charge in [-0.3, -0.25) is 9.78 Å². The van der Waals surface area contributed by atoms with Gasteiger partial charge in [0.25, 0.3) is 5.91 Å². The Balaban J connectivity index is 2.71. The van der Waals surface area contributed by atoms with Crippen molar-refractivity contribution < 1.29 is 4.79 Å². The third kappa shape index (κ3) is 5.29. The Kier molecular flexibility index (Phi) is 7.23. The molecule has 4 nitrogen and oxygen atoms in total. The van der Waals surface area contributed by atoms with Crippen molar-refractivity contribution in [2.24, 2.45) is 5.92 Å². The van der Waals surface area contributed by atoms with Crippen molar-refractivity contribution in [3.8, 4) is 0 Å². The second kappa shape index (κ2) is 8.69. The molecule has 0 saturated carbocycles. The van der Waals surface area contributed by atoms with Crippen LogP contribution in [0.25, 0.3) is 0 Å². The Morgan fingerprint density at radius 3 is 2.45 bits per heavy atom. The lowest BCUT2D eigenvalue weighted by atomic mass is 10.1. The first-order chi connectivity index (χ1) is 9.58. The summed E-state index contributed by atoms with van der Waals surface area (Å²) >= 11 is 0. The molecule has 1 heterocycles. The smallest absolute Gasteiger partial charge is 0.255 e. The number of carbonyl (C=O) groups is 1. The monoisotopic (exact) mass is 277 g/mol. The Labute approximate surface area is 122 Å². The van der Waals surface area contributed by atoms with Crippen molar-refractivity contribution in [3.05, 3.63) is 30.1 Å². The summed E-state index contributed by atoms with van der Waals surface area (Å²) in [6.07, 6.45) is 3.34. The highest BCUT2D eigenvalue weighted by atomic mass is 16.2. The third-order valence-electron chi connectivity index (χ3n) is 3.36. The average molecular weight is 277 g/mol. The van der Waals surface area contributed by atoms with Crippen LogP contribution in [0.5, 0.6) is 0 Å². The summed E-state index contributed by atoms with van der Waals surface area (Å²) < 4.78 is 0. The lowest BCUT2D eigenvalue weighted by molar-refractivity contribution is 0.0716. The fourth-order valence-corrected chi connectivity index (χ4v) is 2.19. The van der Waals surface area contributed by atoms with Crippen molar-refractivity contribution in [3.63, 3.8) is 0 Å². The molecule has 1 aromatic heterocycles. The van der Waals surface area contributed by atoms with Crippen LogP contribution in [0.1, 0.15) is 38.1 Å². The normalized spacial score (nSPS) is 11.1. The highest BCUT2D eigenvalue weighted by Gasteiger charge is 2.17. The first-order valence-corrected chi connectivity index (χ1v) is 7.50. The molecule has 1 rings (SSSR count). The predicted molar refractivity (Wildman–Crippen MR) is 82.8 cm³/mol. The third-order valence-corrected chi connectivity index (χ3v) is 3.36. The molecule has 0 bridgehead atoms. The van der Waals surface area contributed by atoms with Crippen molar-refractivity contribution in [1.29, 1.82) is 0 Å². The summed E-state index contributed by atoms with van der Waals surface area (Å²) in [6.45, 7) is 13.1. The zero-order valence-electron chi connectivity index (χ0n) is 13.2. The summed E-state index contributed by atoms with van der Waals surface area (Å²) in [4.78, 5) is 20.9. The van der Waals surface area contributed by atoms with Gasteiger partial charge >= 0.3 is 0 Å². The first-order valence-electron chi connectivity index (χ1n) is 7.50. The van der Waals surface area contributed by atoms with Crippen LogP contribution in [0.4, 0.5) is 0 Å². The van der Waals surface area contributed by atoms with Gasteiger partial charge in [-0.25, -0.2) is 0 Å². The van der Waals surface area contributed by atoms with Crippen molar-refractivity contribution in [1.82, 2.24) is 14.8 Å². The predicted octanol–water partition coefficient (Wildman–Crippen LogP) is 2.52. The van der Waals surface area contributed by atoms with Gasteiger partial charge < -0.3 is 9.80 Å². The fourth-order valence-electron chi connectivity index (χ4n) is 2.19. The molecule has 1 aromatic rings. The molecule has 4 heteroatoms. The molecular formula is C16H27N3O. The molecule has 0 aliphatic carbocycles. The fraction of sp³-hybridized carbons (Fsp3) is 0.625. The van der Waals surface area contributed by atoms with Gasteiger partial charge in [-0.05, 0) is 31.1 Å². The van der Waals surface area contributed by atoms with Crippen LogP contribution >= 0.6 is 0 Å². The summed E-state index contributed by atoms with van der Waals surface area (Å²) in [5.74, 6) is 0.547. The molecular weight excluding hydrogens is 250 g/mol. The van der Waals surface area contributed by atoms with Crippen LogP contribution in [0, 0.1) is 5.92 Å². The lowest BCUT2D eigenvalue weighted by Gasteiger charge is -2.27. The number of likely N-dealkylation sites (N-methyl/N-ethyl adjacent to an activating group) is 1. The molecule has 20 heavy (non-hydrogen) atoms. The second-order valence-corrected chi connectivity index (χ2v) is 5.41. The Morgan fingerprint density at radius 1 is 1.25 bits per heavy atom. The number of carbonyl (C=O) groups excluding carboxylic acids is 1. The van der Waals surface area contributed by atoms with Gasteiger partial charge in [0, 0.05) is 32.0 Å². The number of hydrogen-bond acceptors (Lipinski definition) is 3. The SMILES string of the molecule is CCN(CC)CCN(CC(C)C)C(=O)c1cccnc1. The van der Waals surface area contributed by atoms with E-state index in [4.69, 9.17) is 0 Å². The molecule has 0 N–H and O–H groups in total. The Hall–Kier alpha value is -1.42. The van der Waals surface area contributed by atoms with E-state index in [1.54, 1.807) is 12.4 Å². The molecule has 0 spiro atoms. The molecule has 0 radical (unpaired) electrons. The summed E-state index contributed by atoms with van der Waals surface area (Å²) in [5.41, 5.74) is 0.674. The average Bonchev–Trinajstić information content (AvgIpc) is 2.46. The summed E-state index contributed by atoms with van der Waals surface area (Å²) in [6, 6.07) is 3.64. The van der Waals surface area contributed by atoms with Crippen LogP contribution < -0.4 is 0 Å².